The van der Waals surface area contributed by atoms with E-state index >= 15 is 0 Å². The fraction of sp³-hybridized carbons (Fsp3) is 0.538. The monoisotopic (exact) mass is 518 g/mol. The Morgan fingerprint density at radius 1 is 1.19 bits per heavy atom. The number of aliphatic hydroxyl groups excluding tert-OH is 1. The number of aryl methyl sites for hydroxylation is 1. The zero-order valence-corrected chi connectivity index (χ0v) is 21.4. The van der Waals surface area contributed by atoms with Crippen molar-refractivity contribution in [3.05, 3.63) is 47.5 Å². The van der Waals surface area contributed by atoms with Gasteiger partial charge in [0.15, 0.2) is 4.75 Å². The second-order valence-electron chi connectivity index (χ2n) is 9.45. The molecule has 0 atom stereocenters. The van der Waals surface area contributed by atoms with Gasteiger partial charge in [-0.2, -0.15) is 0 Å². The van der Waals surface area contributed by atoms with Gasteiger partial charge in [-0.15, -0.1) is 0 Å². The summed E-state index contributed by atoms with van der Waals surface area (Å²) in [6.07, 6.45) is 1.78. The maximum Gasteiger partial charge on any atom is 0.326 e. The van der Waals surface area contributed by atoms with Gasteiger partial charge in [-0.05, 0) is 42.9 Å². The van der Waals surface area contributed by atoms with E-state index in [1.54, 1.807) is 6.07 Å². The smallest absolute Gasteiger partial charge is 0.326 e. The van der Waals surface area contributed by atoms with Gasteiger partial charge >= 0.3 is 5.97 Å². The minimum atomic E-state index is -4.00. The molecule has 1 aromatic heterocycles. The maximum atomic E-state index is 13.4. The van der Waals surface area contributed by atoms with Gasteiger partial charge < -0.3 is 19.7 Å². The summed E-state index contributed by atoms with van der Waals surface area (Å²) in [5.41, 5.74) is 4.00. The lowest BCUT2D eigenvalue weighted by atomic mass is 9.88. The van der Waals surface area contributed by atoms with Gasteiger partial charge in [0.1, 0.15) is 0 Å². The summed E-state index contributed by atoms with van der Waals surface area (Å²) in [7, 11) is -4.00. The number of hydrogen-bond acceptors (Lipinski definition) is 7. The molecule has 0 saturated carbocycles. The lowest BCUT2D eigenvalue weighted by Crippen LogP contribution is -2.57. The number of aliphatic hydroxyl groups is 1. The van der Waals surface area contributed by atoms with Crippen LogP contribution in [0.1, 0.15) is 49.1 Å². The molecule has 2 saturated heterocycles. The molecular weight excluding hydrogens is 484 g/mol. The van der Waals surface area contributed by atoms with Gasteiger partial charge in [0.05, 0.1) is 12.3 Å². The molecule has 4 rings (SSSR count). The first-order chi connectivity index (χ1) is 17.3. The first-order valence-corrected chi connectivity index (χ1v) is 13.8. The Kier molecular flexibility index (Phi) is 8.29. The Morgan fingerprint density at radius 2 is 1.92 bits per heavy atom. The Labute approximate surface area is 212 Å². The molecule has 2 N–H and O–H groups in total. The van der Waals surface area contributed by atoms with E-state index in [1.165, 1.54) is 4.31 Å². The number of rotatable bonds is 9. The van der Waals surface area contributed by atoms with Crippen LogP contribution >= 0.6 is 0 Å². The number of nitrogens with zero attached hydrogens (tertiary/aromatic N) is 2. The van der Waals surface area contributed by atoms with Crippen molar-refractivity contribution < 1.29 is 32.9 Å². The van der Waals surface area contributed by atoms with E-state index < -0.39 is 20.7 Å². The van der Waals surface area contributed by atoms with Gasteiger partial charge in [-0.3, -0.25) is 4.79 Å². The lowest BCUT2D eigenvalue weighted by molar-refractivity contribution is -0.142. The molecule has 2 fully saturated rings. The van der Waals surface area contributed by atoms with Gasteiger partial charge in [0, 0.05) is 63.8 Å². The van der Waals surface area contributed by atoms with E-state index in [1.807, 2.05) is 25.1 Å². The molecule has 2 aromatic rings. The molecule has 0 bridgehead atoms. The first-order valence-electron chi connectivity index (χ1n) is 12.4. The molecule has 2 aliphatic rings. The lowest BCUT2D eigenvalue weighted by Gasteiger charge is -2.39. The Hall–Kier alpha value is -2.53. The van der Waals surface area contributed by atoms with Crippen LogP contribution < -0.4 is 4.74 Å². The predicted molar refractivity (Wildman–Crippen MR) is 134 cm³/mol. The molecule has 2 aliphatic heterocycles. The quantitative estimate of drug-likeness (QED) is 0.485. The van der Waals surface area contributed by atoms with E-state index in [9.17, 15) is 18.3 Å². The summed E-state index contributed by atoms with van der Waals surface area (Å²) in [5, 5.41) is 18.8. The SMILES string of the molecule is Cc1cc(C2CCN(S(=O)(=O)C3(C(=O)O)CCOCC3)CC2)ccc1-c1cccc(OCCCO)n1. The van der Waals surface area contributed by atoms with Crippen LogP contribution in [0.2, 0.25) is 0 Å². The molecule has 1 aromatic carbocycles. The Morgan fingerprint density at radius 3 is 2.56 bits per heavy atom. The number of aliphatic carboxylic acids is 1. The number of aromatic nitrogens is 1. The number of hydrogen-bond donors (Lipinski definition) is 2. The first kappa shape index (κ1) is 26.5. The topological polar surface area (TPSA) is 126 Å². The van der Waals surface area contributed by atoms with E-state index in [2.05, 4.69) is 17.1 Å². The number of carbonyl (C=O) groups is 1. The second kappa shape index (κ2) is 11.2. The van der Waals surface area contributed by atoms with Crippen molar-refractivity contribution in [1.29, 1.82) is 0 Å². The molecular formula is C26H34N2O7S. The molecule has 10 heteroatoms. The van der Waals surface area contributed by atoms with Crippen molar-refractivity contribution >= 4 is 16.0 Å². The average molecular weight is 519 g/mol. The summed E-state index contributed by atoms with van der Waals surface area (Å²) >= 11 is 0. The summed E-state index contributed by atoms with van der Waals surface area (Å²) in [4.78, 5) is 16.6. The zero-order chi connectivity index (χ0) is 25.8. The highest BCUT2D eigenvalue weighted by atomic mass is 32.2. The van der Waals surface area contributed by atoms with Crippen molar-refractivity contribution in [2.24, 2.45) is 0 Å². The largest absolute Gasteiger partial charge is 0.480 e. The van der Waals surface area contributed by atoms with Crippen LogP contribution in [0.4, 0.5) is 0 Å². The Bertz CT molecular complexity index is 1170. The third-order valence-corrected chi connectivity index (χ3v) is 9.87. The van der Waals surface area contributed by atoms with E-state index in [0.717, 1.165) is 22.4 Å². The molecule has 0 amide bonds. The van der Waals surface area contributed by atoms with Crippen molar-refractivity contribution in [1.82, 2.24) is 9.29 Å². The van der Waals surface area contributed by atoms with Crippen molar-refractivity contribution in [3.63, 3.8) is 0 Å². The highest BCUT2D eigenvalue weighted by Crippen LogP contribution is 2.37. The van der Waals surface area contributed by atoms with Gasteiger partial charge in [0.25, 0.3) is 0 Å². The number of pyridine rings is 1. The molecule has 0 spiro atoms. The number of carboxylic acids is 1. The molecule has 3 heterocycles. The van der Waals surface area contributed by atoms with Crippen LogP contribution in [-0.4, -0.2) is 78.2 Å². The zero-order valence-electron chi connectivity index (χ0n) is 20.6. The molecule has 0 aliphatic carbocycles. The van der Waals surface area contributed by atoms with Gasteiger partial charge in [-0.25, -0.2) is 17.7 Å². The number of carboxylic acid groups (broad SMARTS) is 1. The van der Waals surface area contributed by atoms with Crippen LogP contribution in [0.3, 0.4) is 0 Å². The van der Waals surface area contributed by atoms with Crippen LogP contribution in [0.5, 0.6) is 5.88 Å². The number of ether oxygens (including phenoxy) is 2. The van der Waals surface area contributed by atoms with Crippen LogP contribution in [0.15, 0.2) is 36.4 Å². The molecule has 9 nitrogen and oxygen atoms in total. The number of sulfonamides is 1. The average Bonchev–Trinajstić information content (AvgIpc) is 2.89. The number of benzene rings is 1. The Balaban J connectivity index is 1.45. The summed E-state index contributed by atoms with van der Waals surface area (Å²) in [6, 6.07) is 11.8. The number of piperidine rings is 1. The van der Waals surface area contributed by atoms with Crippen molar-refractivity contribution in [3.8, 4) is 17.1 Å². The second-order valence-corrected chi connectivity index (χ2v) is 11.7. The predicted octanol–water partition coefficient (Wildman–Crippen LogP) is 2.96. The fourth-order valence-corrected chi connectivity index (χ4v) is 7.16. The molecule has 196 valence electrons. The van der Waals surface area contributed by atoms with E-state index in [4.69, 9.17) is 14.6 Å². The normalized spacial score (nSPS) is 19.2. The van der Waals surface area contributed by atoms with Crippen molar-refractivity contribution in [2.75, 3.05) is 39.5 Å². The highest BCUT2D eigenvalue weighted by molar-refractivity contribution is 7.91. The van der Waals surface area contributed by atoms with E-state index in [-0.39, 0.29) is 38.6 Å². The highest BCUT2D eigenvalue weighted by Gasteiger charge is 2.54. The minimum Gasteiger partial charge on any atom is -0.480 e. The van der Waals surface area contributed by atoms with Crippen LogP contribution in [-0.2, 0) is 19.6 Å². The fourth-order valence-electron chi connectivity index (χ4n) is 5.07. The minimum absolute atomic E-state index is 0.0209. The molecule has 0 radical (unpaired) electrons. The summed E-state index contributed by atoms with van der Waals surface area (Å²) in [6.45, 7) is 3.39. The van der Waals surface area contributed by atoms with Crippen LogP contribution in [0, 0.1) is 6.92 Å². The molecule has 0 unspecified atom stereocenters. The standard InChI is InChI=1S/C26H34N2O7S/c1-19-18-21(6-7-22(19)23-4-2-5-24(27-23)35-15-3-14-29)20-8-12-28(13-9-20)36(32,33)26(25(30)31)10-16-34-17-11-26/h2,4-7,18,20,29H,3,8-17H2,1H3,(H,30,31). The van der Waals surface area contributed by atoms with Crippen molar-refractivity contribution in [2.45, 2.75) is 49.7 Å². The van der Waals surface area contributed by atoms with Crippen LogP contribution in [0.25, 0.3) is 11.3 Å². The molecule has 36 heavy (non-hydrogen) atoms. The summed E-state index contributed by atoms with van der Waals surface area (Å²) in [5.74, 6) is -0.571. The van der Waals surface area contributed by atoms with Gasteiger partial charge in [0.2, 0.25) is 15.9 Å². The maximum absolute atomic E-state index is 13.4. The third-order valence-electron chi connectivity index (χ3n) is 7.25. The third kappa shape index (κ3) is 5.27. The van der Waals surface area contributed by atoms with Gasteiger partial charge in [-0.1, -0.05) is 24.3 Å². The van der Waals surface area contributed by atoms with E-state index in [0.29, 0.717) is 44.8 Å². The summed E-state index contributed by atoms with van der Waals surface area (Å²) < 4.78 is 37.2.